The monoisotopic (exact) mass is 364 g/mol. The van der Waals surface area contributed by atoms with Gasteiger partial charge in [-0.3, -0.25) is 4.98 Å². The summed E-state index contributed by atoms with van der Waals surface area (Å²) in [6.07, 6.45) is 3.18. The molecule has 1 fully saturated rings. The summed E-state index contributed by atoms with van der Waals surface area (Å²) in [4.78, 5) is 5.84. The van der Waals surface area contributed by atoms with Gasteiger partial charge in [0.25, 0.3) is 0 Å². The lowest BCUT2D eigenvalue weighted by atomic mass is 9.89. The number of pyridine rings is 1. The highest BCUT2D eigenvalue weighted by Gasteiger charge is 2.46. The Balaban J connectivity index is 1.46. The van der Waals surface area contributed by atoms with Crippen LogP contribution in [0.15, 0.2) is 60.9 Å². The number of halogens is 2. The topological polar surface area (TPSA) is 59.2 Å². The van der Waals surface area contributed by atoms with Crippen LogP contribution in [0, 0.1) is 5.82 Å². The van der Waals surface area contributed by atoms with Crippen molar-refractivity contribution in [1.29, 1.82) is 0 Å². The van der Waals surface area contributed by atoms with Gasteiger partial charge in [0.15, 0.2) is 17.1 Å². The van der Waals surface area contributed by atoms with Crippen molar-refractivity contribution in [1.82, 2.24) is 24.8 Å². The van der Waals surface area contributed by atoms with Crippen molar-refractivity contribution in [2.75, 3.05) is 18.0 Å². The second-order valence-corrected chi connectivity index (χ2v) is 6.56. The highest BCUT2D eigenvalue weighted by Crippen LogP contribution is 2.37. The molecule has 0 N–H and O–H groups in total. The van der Waals surface area contributed by atoms with Gasteiger partial charge in [-0.25, -0.2) is 8.78 Å². The summed E-state index contributed by atoms with van der Waals surface area (Å²) in [5, 5.41) is 12.8. The average Bonchev–Trinajstić information content (AvgIpc) is 3.10. The van der Waals surface area contributed by atoms with E-state index in [1.165, 1.54) is 12.1 Å². The van der Waals surface area contributed by atoms with E-state index in [1.807, 2.05) is 4.90 Å². The van der Waals surface area contributed by atoms with Gasteiger partial charge in [0.05, 0.1) is 13.1 Å². The zero-order valence-corrected chi connectivity index (χ0v) is 14.1. The molecule has 6 nitrogen and oxygen atoms in total. The summed E-state index contributed by atoms with van der Waals surface area (Å²) in [5.74, 6) is 0.811. The number of aromatic nitrogens is 5. The van der Waals surface area contributed by atoms with Crippen molar-refractivity contribution in [3.05, 3.63) is 72.3 Å². The van der Waals surface area contributed by atoms with Crippen LogP contribution in [-0.2, 0) is 5.67 Å². The maximum atomic E-state index is 15.0. The number of alkyl halides is 1. The minimum atomic E-state index is -1.43. The van der Waals surface area contributed by atoms with Gasteiger partial charge in [-0.15, -0.1) is 15.3 Å². The largest absolute Gasteiger partial charge is 0.348 e. The molecule has 1 aliphatic heterocycles. The van der Waals surface area contributed by atoms with Crippen molar-refractivity contribution in [3.8, 4) is 11.4 Å². The quantitative estimate of drug-likeness (QED) is 0.559. The van der Waals surface area contributed by atoms with E-state index in [-0.39, 0.29) is 18.9 Å². The van der Waals surface area contributed by atoms with Gasteiger partial charge < -0.3 is 4.90 Å². The Labute approximate surface area is 153 Å². The second-order valence-electron chi connectivity index (χ2n) is 6.56. The van der Waals surface area contributed by atoms with E-state index in [2.05, 4.69) is 20.3 Å². The summed E-state index contributed by atoms with van der Waals surface area (Å²) >= 11 is 0. The number of benzene rings is 1. The molecule has 1 saturated heterocycles. The maximum absolute atomic E-state index is 15.0. The van der Waals surface area contributed by atoms with Crippen LogP contribution in [0.4, 0.5) is 14.6 Å². The molecule has 8 heteroatoms. The Morgan fingerprint density at radius 1 is 0.963 bits per heavy atom. The van der Waals surface area contributed by atoms with Gasteiger partial charge in [-0.05, 0) is 42.5 Å². The van der Waals surface area contributed by atoms with Crippen molar-refractivity contribution >= 4 is 11.5 Å². The summed E-state index contributed by atoms with van der Waals surface area (Å²) < 4.78 is 29.8. The highest BCUT2D eigenvalue weighted by molar-refractivity contribution is 5.60. The summed E-state index contributed by atoms with van der Waals surface area (Å²) in [7, 11) is 0. The summed E-state index contributed by atoms with van der Waals surface area (Å²) in [5.41, 5.74) is 0.404. The molecule has 0 unspecified atom stereocenters. The molecule has 0 aliphatic carbocycles. The van der Waals surface area contributed by atoms with E-state index in [0.29, 0.717) is 28.4 Å². The van der Waals surface area contributed by atoms with Crippen molar-refractivity contribution in [2.24, 2.45) is 0 Å². The first-order valence-corrected chi connectivity index (χ1v) is 8.45. The molecule has 0 spiro atoms. The van der Waals surface area contributed by atoms with Gasteiger partial charge in [0, 0.05) is 23.5 Å². The Morgan fingerprint density at radius 2 is 1.78 bits per heavy atom. The lowest BCUT2D eigenvalue weighted by Crippen LogP contribution is -2.57. The molecule has 0 saturated carbocycles. The van der Waals surface area contributed by atoms with Crippen molar-refractivity contribution < 1.29 is 8.78 Å². The van der Waals surface area contributed by atoms with E-state index in [0.717, 1.165) is 0 Å². The Bertz CT molecular complexity index is 1100. The maximum Gasteiger partial charge on any atom is 0.185 e. The fourth-order valence-electron chi connectivity index (χ4n) is 3.26. The fourth-order valence-corrected chi connectivity index (χ4v) is 3.26. The molecule has 5 rings (SSSR count). The fraction of sp³-hybridized carbons (Fsp3) is 0.158. The van der Waals surface area contributed by atoms with Crippen LogP contribution in [0.1, 0.15) is 5.56 Å². The molecular formula is C19H14F2N6. The molecule has 4 aromatic rings. The zero-order valence-electron chi connectivity index (χ0n) is 14.1. The average molecular weight is 364 g/mol. The molecule has 0 atom stereocenters. The second kappa shape index (κ2) is 5.80. The summed E-state index contributed by atoms with van der Waals surface area (Å²) in [6, 6.07) is 13.0. The van der Waals surface area contributed by atoms with Gasteiger partial charge in [0.2, 0.25) is 0 Å². The first kappa shape index (κ1) is 15.8. The van der Waals surface area contributed by atoms with E-state index in [4.69, 9.17) is 0 Å². The molecule has 0 bridgehead atoms. The lowest BCUT2D eigenvalue weighted by molar-refractivity contribution is 0.118. The van der Waals surface area contributed by atoms with Crippen LogP contribution < -0.4 is 4.90 Å². The van der Waals surface area contributed by atoms with Crippen LogP contribution in [0.2, 0.25) is 0 Å². The number of rotatable bonds is 3. The smallest absolute Gasteiger partial charge is 0.185 e. The predicted octanol–water partition coefficient (Wildman–Crippen LogP) is 3.01. The zero-order chi connectivity index (χ0) is 18.4. The van der Waals surface area contributed by atoms with Gasteiger partial charge in [-0.1, -0.05) is 6.07 Å². The Kier molecular flexibility index (Phi) is 3.40. The van der Waals surface area contributed by atoms with Crippen LogP contribution in [-0.4, -0.2) is 37.9 Å². The standard InChI is InChI=1S/C19H14F2N6/c20-15-5-3-13(4-6-15)18-24-23-16-7-8-17(25-27(16)18)26-11-19(21,12-26)14-2-1-9-22-10-14/h1-10H,11-12H2. The molecule has 0 amide bonds. The molecular weight excluding hydrogens is 350 g/mol. The van der Waals surface area contributed by atoms with Crippen molar-refractivity contribution in [3.63, 3.8) is 0 Å². The predicted molar refractivity (Wildman–Crippen MR) is 95.4 cm³/mol. The molecule has 1 aromatic carbocycles. The number of anilines is 1. The molecule has 27 heavy (non-hydrogen) atoms. The third kappa shape index (κ3) is 2.61. The van der Waals surface area contributed by atoms with E-state index in [9.17, 15) is 4.39 Å². The van der Waals surface area contributed by atoms with Crippen LogP contribution >= 0.6 is 0 Å². The van der Waals surface area contributed by atoms with Gasteiger partial charge >= 0.3 is 0 Å². The van der Waals surface area contributed by atoms with Gasteiger partial charge in [-0.2, -0.15) is 4.52 Å². The Morgan fingerprint density at radius 3 is 2.52 bits per heavy atom. The molecule has 0 radical (unpaired) electrons. The number of fused-ring (bicyclic) bond motifs is 1. The Hall–Kier alpha value is -3.42. The minimum Gasteiger partial charge on any atom is -0.348 e. The van der Waals surface area contributed by atoms with E-state index >= 15 is 4.39 Å². The highest BCUT2D eigenvalue weighted by atomic mass is 19.1. The first-order valence-electron chi connectivity index (χ1n) is 8.45. The summed E-state index contributed by atoms with van der Waals surface area (Å²) in [6.45, 7) is 0.399. The van der Waals surface area contributed by atoms with Crippen LogP contribution in [0.3, 0.4) is 0 Å². The molecule has 4 heterocycles. The molecule has 134 valence electrons. The molecule has 1 aliphatic rings. The first-order chi connectivity index (χ1) is 13.1. The number of nitrogens with zero attached hydrogens (tertiary/aromatic N) is 6. The number of hydrogen-bond acceptors (Lipinski definition) is 5. The number of hydrogen-bond donors (Lipinski definition) is 0. The van der Waals surface area contributed by atoms with Gasteiger partial charge in [0.1, 0.15) is 11.6 Å². The third-order valence-corrected chi connectivity index (χ3v) is 4.74. The van der Waals surface area contributed by atoms with E-state index in [1.54, 1.807) is 53.3 Å². The molecule has 3 aromatic heterocycles. The van der Waals surface area contributed by atoms with E-state index < -0.39 is 5.67 Å². The third-order valence-electron chi connectivity index (χ3n) is 4.74. The van der Waals surface area contributed by atoms with Crippen LogP contribution in [0.5, 0.6) is 0 Å². The SMILES string of the molecule is Fc1ccc(-c2nnc3ccc(N4CC(F)(c5cccnc5)C4)nn23)cc1. The normalized spacial score (nSPS) is 15.7. The lowest BCUT2D eigenvalue weighted by Gasteiger charge is -2.45. The minimum absolute atomic E-state index is 0.200. The van der Waals surface area contributed by atoms with Crippen LogP contribution in [0.25, 0.3) is 17.0 Å². The van der Waals surface area contributed by atoms with Crippen molar-refractivity contribution in [2.45, 2.75) is 5.67 Å².